The Morgan fingerprint density at radius 1 is 1.27 bits per heavy atom. The predicted octanol–water partition coefficient (Wildman–Crippen LogP) is 4.70. The number of thioether (sulfide) groups is 1. The first-order chi connectivity index (χ1) is 12.5. The summed E-state index contributed by atoms with van der Waals surface area (Å²) in [5.41, 5.74) is 2.73. The largest absolute Gasteiger partial charge is 0.469 e. The molecule has 5 nitrogen and oxygen atoms in total. The average Bonchev–Trinajstić information content (AvgIpc) is 3.21. The van der Waals surface area contributed by atoms with Gasteiger partial charge in [0.15, 0.2) is 16.8 Å². The van der Waals surface area contributed by atoms with E-state index in [-0.39, 0.29) is 11.0 Å². The van der Waals surface area contributed by atoms with Crippen LogP contribution < -0.4 is 0 Å². The first-order valence-corrected chi connectivity index (χ1v) is 9.25. The summed E-state index contributed by atoms with van der Waals surface area (Å²) in [7, 11) is 0. The molecule has 0 N–H and O–H groups in total. The molecule has 0 saturated carbocycles. The zero-order valence-corrected chi connectivity index (χ0v) is 15.9. The van der Waals surface area contributed by atoms with E-state index in [9.17, 15) is 4.79 Å². The minimum Gasteiger partial charge on any atom is -0.469 e. The number of ketones is 1. The first-order valence-electron chi connectivity index (χ1n) is 8.37. The number of hydrogen-bond donors (Lipinski definition) is 0. The highest BCUT2D eigenvalue weighted by atomic mass is 32.2. The highest BCUT2D eigenvalue weighted by Gasteiger charge is 2.22. The molecule has 0 saturated heterocycles. The minimum atomic E-state index is -0.274. The van der Waals surface area contributed by atoms with Crippen molar-refractivity contribution in [2.24, 2.45) is 0 Å². The molecule has 1 atom stereocenters. The molecule has 2 aromatic heterocycles. The average molecular weight is 367 g/mol. The van der Waals surface area contributed by atoms with E-state index in [0.29, 0.717) is 23.1 Å². The summed E-state index contributed by atoms with van der Waals surface area (Å²) in [6.45, 7) is 10.2. The molecule has 0 amide bonds. The van der Waals surface area contributed by atoms with Gasteiger partial charge in [-0.25, -0.2) is 0 Å². The Balaban J connectivity index is 1.86. The number of rotatable bonds is 7. The maximum absolute atomic E-state index is 12.7. The van der Waals surface area contributed by atoms with Crippen molar-refractivity contribution >= 4 is 17.5 Å². The number of allylic oxidation sites excluding steroid dienone is 1. The number of benzene rings is 1. The van der Waals surface area contributed by atoms with Crippen molar-refractivity contribution in [3.05, 3.63) is 66.1 Å². The summed E-state index contributed by atoms with van der Waals surface area (Å²) in [6.07, 6.45) is 3.42. The summed E-state index contributed by atoms with van der Waals surface area (Å²) in [5.74, 6) is 1.57. The van der Waals surface area contributed by atoms with Crippen molar-refractivity contribution in [1.29, 1.82) is 0 Å². The van der Waals surface area contributed by atoms with Crippen LogP contribution in [0.5, 0.6) is 0 Å². The quantitative estimate of drug-likeness (QED) is 0.344. The van der Waals surface area contributed by atoms with Crippen LogP contribution in [0.25, 0.3) is 11.4 Å². The molecule has 0 bridgehead atoms. The van der Waals surface area contributed by atoms with Crippen molar-refractivity contribution in [3.8, 4) is 11.4 Å². The molecule has 2 heterocycles. The molecule has 0 aliphatic rings. The molecule has 1 unspecified atom stereocenters. The Morgan fingerprint density at radius 3 is 2.62 bits per heavy atom. The molecular formula is C20H21N3O2S. The molecule has 1 aromatic carbocycles. The van der Waals surface area contributed by atoms with Gasteiger partial charge in [0.1, 0.15) is 5.76 Å². The normalized spacial score (nSPS) is 12.1. The van der Waals surface area contributed by atoms with Crippen LogP contribution in [-0.4, -0.2) is 25.8 Å². The zero-order chi connectivity index (χ0) is 18.7. The van der Waals surface area contributed by atoms with E-state index in [1.165, 1.54) is 11.8 Å². The summed E-state index contributed by atoms with van der Waals surface area (Å²) in [6, 6.07) is 9.50. The predicted molar refractivity (Wildman–Crippen MR) is 103 cm³/mol. The van der Waals surface area contributed by atoms with Gasteiger partial charge < -0.3 is 4.42 Å². The monoisotopic (exact) mass is 367 g/mol. The fourth-order valence-corrected chi connectivity index (χ4v) is 3.59. The van der Waals surface area contributed by atoms with E-state index in [4.69, 9.17) is 4.42 Å². The Labute approximate surface area is 157 Å². The molecule has 6 heteroatoms. The Kier molecular flexibility index (Phi) is 5.42. The lowest BCUT2D eigenvalue weighted by atomic mass is 10.1. The number of carbonyl (C=O) groups excluding carboxylic acids is 1. The number of Topliss-reactive ketones (excluding diaryl/α,β-unsaturated/α-hetero) is 1. The third kappa shape index (κ3) is 3.65. The van der Waals surface area contributed by atoms with Gasteiger partial charge in [-0.2, -0.15) is 0 Å². The van der Waals surface area contributed by atoms with Gasteiger partial charge in [-0.1, -0.05) is 47.7 Å². The molecule has 3 aromatic rings. The number of furan rings is 1. The van der Waals surface area contributed by atoms with Crippen LogP contribution in [0, 0.1) is 13.8 Å². The summed E-state index contributed by atoms with van der Waals surface area (Å²) in [4.78, 5) is 12.7. The van der Waals surface area contributed by atoms with Gasteiger partial charge in [0.05, 0.1) is 17.1 Å². The van der Waals surface area contributed by atoms with Gasteiger partial charge in [-0.3, -0.25) is 9.36 Å². The topological polar surface area (TPSA) is 60.9 Å². The Morgan fingerprint density at radius 2 is 2.00 bits per heavy atom. The molecular weight excluding hydrogens is 346 g/mol. The van der Waals surface area contributed by atoms with Gasteiger partial charge in [-0.15, -0.1) is 16.8 Å². The van der Waals surface area contributed by atoms with Gasteiger partial charge in [0.25, 0.3) is 0 Å². The first kappa shape index (κ1) is 18.2. The van der Waals surface area contributed by atoms with Gasteiger partial charge in [0, 0.05) is 12.1 Å². The van der Waals surface area contributed by atoms with Crippen molar-refractivity contribution < 1.29 is 9.21 Å². The number of hydrogen-bond acceptors (Lipinski definition) is 5. The number of nitrogens with zero attached hydrogens (tertiary/aromatic N) is 3. The molecule has 3 rings (SSSR count). The van der Waals surface area contributed by atoms with Crippen molar-refractivity contribution in [2.45, 2.75) is 37.7 Å². The molecule has 0 aliphatic heterocycles. The lowest BCUT2D eigenvalue weighted by Gasteiger charge is -2.12. The summed E-state index contributed by atoms with van der Waals surface area (Å²) in [5, 5.41) is 9.02. The highest BCUT2D eigenvalue weighted by molar-refractivity contribution is 8.00. The number of carbonyl (C=O) groups is 1. The van der Waals surface area contributed by atoms with E-state index < -0.39 is 0 Å². The van der Waals surface area contributed by atoms with Crippen LogP contribution in [0.3, 0.4) is 0 Å². The van der Waals surface area contributed by atoms with E-state index in [1.807, 2.05) is 55.7 Å². The summed E-state index contributed by atoms with van der Waals surface area (Å²) >= 11 is 1.40. The lowest BCUT2D eigenvalue weighted by Crippen LogP contribution is -2.14. The van der Waals surface area contributed by atoms with E-state index in [2.05, 4.69) is 16.8 Å². The van der Waals surface area contributed by atoms with Gasteiger partial charge >= 0.3 is 0 Å². The second kappa shape index (κ2) is 7.74. The summed E-state index contributed by atoms with van der Waals surface area (Å²) < 4.78 is 7.33. The van der Waals surface area contributed by atoms with Crippen molar-refractivity contribution in [2.75, 3.05) is 0 Å². The van der Waals surface area contributed by atoms with Crippen LogP contribution >= 0.6 is 11.8 Å². The second-order valence-corrected chi connectivity index (χ2v) is 7.39. The standard InChI is InChI=1S/C20H21N3O2S/c1-5-11-23-19(17-10-12-25-14(17)3)21-22-20(23)26-15(4)18(24)16-8-6-13(2)7-9-16/h5-10,12,15H,1,11H2,2-4H3. The fourth-order valence-electron chi connectivity index (χ4n) is 2.65. The third-order valence-electron chi connectivity index (χ3n) is 4.12. The van der Waals surface area contributed by atoms with Gasteiger partial charge in [0.2, 0.25) is 0 Å². The minimum absolute atomic E-state index is 0.0733. The van der Waals surface area contributed by atoms with Crippen LogP contribution in [0.1, 0.15) is 28.6 Å². The maximum atomic E-state index is 12.7. The van der Waals surface area contributed by atoms with E-state index in [1.54, 1.807) is 12.3 Å². The van der Waals surface area contributed by atoms with Crippen LogP contribution in [0.2, 0.25) is 0 Å². The molecule has 0 aliphatic carbocycles. The smallest absolute Gasteiger partial charge is 0.192 e. The molecule has 0 spiro atoms. The molecule has 0 radical (unpaired) electrons. The van der Waals surface area contributed by atoms with E-state index in [0.717, 1.165) is 16.9 Å². The Hall–Kier alpha value is -2.60. The van der Waals surface area contributed by atoms with Crippen LogP contribution in [0.4, 0.5) is 0 Å². The Bertz CT molecular complexity index is 925. The number of aryl methyl sites for hydroxylation is 2. The third-order valence-corrected chi connectivity index (χ3v) is 5.20. The van der Waals surface area contributed by atoms with Crippen molar-refractivity contribution in [3.63, 3.8) is 0 Å². The highest BCUT2D eigenvalue weighted by Crippen LogP contribution is 2.30. The molecule has 0 fully saturated rings. The van der Waals surface area contributed by atoms with Crippen molar-refractivity contribution in [1.82, 2.24) is 14.8 Å². The second-order valence-electron chi connectivity index (χ2n) is 6.09. The van der Waals surface area contributed by atoms with Gasteiger partial charge in [-0.05, 0) is 26.8 Å². The van der Waals surface area contributed by atoms with Crippen LogP contribution in [0.15, 0.2) is 58.8 Å². The fraction of sp³-hybridized carbons (Fsp3) is 0.250. The van der Waals surface area contributed by atoms with Crippen LogP contribution in [-0.2, 0) is 6.54 Å². The number of aromatic nitrogens is 3. The maximum Gasteiger partial charge on any atom is 0.192 e. The lowest BCUT2D eigenvalue weighted by molar-refractivity contribution is 0.0994. The molecule has 26 heavy (non-hydrogen) atoms. The molecule has 134 valence electrons. The SMILES string of the molecule is C=CCn1c(SC(C)C(=O)c2ccc(C)cc2)nnc1-c1ccoc1C. The van der Waals surface area contributed by atoms with E-state index >= 15 is 0 Å². The zero-order valence-electron chi connectivity index (χ0n) is 15.1.